The summed E-state index contributed by atoms with van der Waals surface area (Å²) in [6.45, 7) is 3.33. The summed E-state index contributed by atoms with van der Waals surface area (Å²) in [5.74, 6) is 0. The number of hydrogen-bond acceptors (Lipinski definition) is 2. The number of aryl methyl sites for hydroxylation is 1. The number of benzene rings is 1. The monoisotopic (exact) mass is 226 g/mol. The summed E-state index contributed by atoms with van der Waals surface area (Å²) < 4.78 is 0. The highest BCUT2D eigenvalue weighted by molar-refractivity contribution is 5.85. The van der Waals surface area contributed by atoms with Gasteiger partial charge in [-0.3, -0.25) is 4.98 Å². The molecule has 17 heavy (non-hydrogen) atoms. The van der Waals surface area contributed by atoms with Crippen molar-refractivity contribution in [3.05, 3.63) is 41.7 Å². The highest BCUT2D eigenvalue weighted by Gasteiger charge is 2.16. The van der Waals surface area contributed by atoms with Crippen LogP contribution in [0.3, 0.4) is 0 Å². The van der Waals surface area contributed by atoms with Gasteiger partial charge in [0.1, 0.15) is 0 Å². The van der Waals surface area contributed by atoms with E-state index in [1.54, 1.807) is 0 Å². The summed E-state index contributed by atoms with van der Waals surface area (Å²) in [7, 11) is 0. The van der Waals surface area contributed by atoms with E-state index in [9.17, 15) is 0 Å². The molecule has 1 saturated heterocycles. The fourth-order valence-corrected chi connectivity index (χ4v) is 2.73. The normalized spacial score (nSPS) is 19.9. The SMILES string of the molecule is CCc1cncc2cc(C3CCCN3)ccc12. The fraction of sp³-hybridized carbons (Fsp3) is 0.400. The molecule has 1 aliphatic heterocycles. The Labute approximate surface area is 102 Å². The Kier molecular flexibility index (Phi) is 2.81. The van der Waals surface area contributed by atoms with Crippen molar-refractivity contribution in [2.45, 2.75) is 32.2 Å². The van der Waals surface area contributed by atoms with E-state index in [-0.39, 0.29) is 0 Å². The molecule has 0 radical (unpaired) electrons. The summed E-state index contributed by atoms with van der Waals surface area (Å²) in [5, 5.41) is 6.17. The van der Waals surface area contributed by atoms with Gasteiger partial charge in [0.05, 0.1) is 0 Å². The van der Waals surface area contributed by atoms with Gasteiger partial charge in [0.25, 0.3) is 0 Å². The molecule has 1 unspecified atom stereocenters. The Morgan fingerprint density at radius 1 is 1.35 bits per heavy atom. The average molecular weight is 226 g/mol. The molecule has 2 nitrogen and oxygen atoms in total. The van der Waals surface area contributed by atoms with Gasteiger partial charge in [0.2, 0.25) is 0 Å². The Morgan fingerprint density at radius 3 is 3.06 bits per heavy atom. The molecule has 0 aliphatic carbocycles. The average Bonchev–Trinajstić information content (AvgIpc) is 2.91. The Hall–Kier alpha value is -1.41. The van der Waals surface area contributed by atoms with Crippen LogP contribution in [0.25, 0.3) is 10.8 Å². The predicted molar refractivity (Wildman–Crippen MR) is 71.1 cm³/mol. The van der Waals surface area contributed by atoms with Crippen molar-refractivity contribution < 1.29 is 0 Å². The minimum absolute atomic E-state index is 0.546. The largest absolute Gasteiger partial charge is 0.310 e. The quantitative estimate of drug-likeness (QED) is 0.850. The van der Waals surface area contributed by atoms with Crippen LogP contribution in [0.5, 0.6) is 0 Å². The maximum Gasteiger partial charge on any atom is 0.0346 e. The number of pyridine rings is 1. The number of nitrogens with one attached hydrogen (secondary N) is 1. The summed E-state index contributed by atoms with van der Waals surface area (Å²) in [6, 6.07) is 7.37. The first-order chi connectivity index (χ1) is 8.38. The van der Waals surface area contributed by atoms with Crippen LogP contribution in [0.1, 0.15) is 36.9 Å². The maximum absolute atomic E-state index is 4.33. The van der Waals surface area contributed by atoms with Crippen molar-refractivity contribution >= 4 is 10.8 Å². The molecule has 0 spiro atoms. The molecule has 1 N–H and O–H groups in total. The van der Waals surface area contributed by atoms with Gasteiger partial charge in [-0.05, 0) is 48.4 Å². The van der Waals surface area contributed by atoms with Gasteiger partial charge in [-0.1, -0.05) is 19.1 Å². The van der Waals surface area contributed by atoms with E-state index in [0.29, 0.717) is 6.04 Å². The molecule has 3 rings (SSSR count). The standard InChI is InChI=1S/C15H18N2/c1-2-11-9-16-10-13-8-12(5-6-14(11)13)15-4-3-7-17-15/h5-6,8-10,15,17H,2-4,7H2,1H3. The third kappa shape index (κ3) is 1.93. The summed E-state index contributed by atoms with van der Waals surface area (Å²) in [4.78, 5) is 4.33. The Morgan fingerprint density at radius 2 is 2.29 bits per heavy atom. The van der Waals surface area contributed by atoms with E-state index in [4.69, 9.17) is 0 Å². The topological polar surface area (TPSA) is 24.9 Å². The smallest absolute Gasteiger partial charge is 0.0346 e. The first-order valence-electron chi connectivity index (χ1n) is 6.48. The van der Waals surface area contributed by atoms with E-state index >= 15 is 0 Å². The summed E-state index contributed by atoms with van der Waals surface area (Å²) in [6.07, 6.45) is 7.55. The van der Waals surface area contributed by atoms with E-state index < -0.39 is 0 Å². The second-order valence-electron chi connectivity index (χ2n) is 4.78. The van der Waals surface area contributed by atoms with Crippen LogP contribution in [0.4, 0.5) is 0 Å². The molecular weight excluding hydrogens is 208 g/mol. The van der Waals surface area contributed by atoms with Gasteiger partial charge in [0, 0.05) is 23.8 Å². The maximum atomic E-state index is 4.33. The molecule has 0 saturated carbocycles. The molecule has 2 heteroatoms. The van der Waals surface area contributed by atoms with Crippen LogP contribution in [-0.4, -0.2) is 11.5 Å². The second kappa shape index (κ2) is 4.46. The summed E-state index contributed by atoms with van der Waals surface area (Å²) in [5.41, 5.74) is 2.75. The first-order valence-corrected chi connectivity index (χ1v) is 6.48. The lowest BCUT2D eigenvalue weighted by Gasteiger charge is -2.12. The van der Waals surface area contributed by atoms with Gasteiger partial charge in [-0.15, -0.1) is 0 Å². The molecular formula is C15H18N2. The number of aromatic nitrogens is 1. The van der Waals surface area contributed by atoms with E-state index in [2.05, 4.69) is 35.4 Å². The number of nitrogens with zero attached hydrogens (tertiary/aromatic N) is 1. The van der Waals surface area contributed by atoms with E-state index in [0.717, 1.165) is 13.0 Å². The molecule has 2 heterocycles. The third-order valence-electron chi connectivity index (χ3n) is 3.71. The van der Waals surface area contributed by atoms with Crippen molar-refractivity contribution in [1.82, 2.24) is 10.3 Å². The number of rotatable bonds is 2. The molecule has 1 atom stereocenters. The zero-order chi connectivity index (χ0) is 11.7. The van der Waals surface area contributed by atoms with Crippen molar-refractivity contribution in [1.29, 1.82) is 0 Å². The van der Waals surface area contributed by atoms with Gasteiger partial charge in [-0.25, -0.2) is 0 Å². The minimum Gasteiger partial charge on any atom is -0.310 e. The molecule has 1 fully saturated rings. The van der Waals surface area contributed by atoms with Crippen LogP contribution in [0.2, 0.25) is 0 Å². The lowest BCUT2D eigenvalue weighted by Crippen LogP contribution is -2.12. The third-order valence-corrected chi connectivity index (χ3v) is 3.71. The second-order valence-corrected chi connectivity index (χ2v) is 4.78. The number of hydrogen-bond donors (Lipinski definition) is 1. The first kappa shape index (κ1) is 10.7. The zero-order valence-corrected chi connectivity index (χ0v) is 10.2. The molecule has 1 aromatic heterocycles. The minimum atomic E-state index is 0.546. The van der Waals surface area contributed by atoms with Gasteiger partial charge in [0.15, 0.2) is 0 Å². The summed E-state index contributed by atoms with van der Waals surface area (Å²) >= 11 is 0. The van der Waals surface area contributed by atoms with Crippen LogP contribution in [-0.2, 0) is 6.42 Å². The van der Waals surface area contributed by atoms with Crippen molar-refractivity contribution in [2.75, 3.05) is 6.54 Å². The molecule has 88 valence electrons. The molecule has 2 aromatic rings. The molecule has 1 aliphatic rings. The molecule has 0 amide bonds. The molecule has 0 bridgehead atoms. The predicted octanol–water partition coefficient (Wildman–Crippen LogP) is 3.22. The van der Waals surface area contributed by atoms with Gasteiger partial charge in [-0.2, -0.15) is 0 Å². The van der Waals surface area contributed by atoms with Crippen LogP contribution < -0.4 is 5.32 Å². The highest BCUT2D eigenvalue weighted by Crippen LogP contribution is 2.27. The van der Waals surface area contributed by atoms with Crippen LogP contribution >= 0.6 is 0 Å². The lowest BCUT2D eigenvalue weighted by atomic mass is 9.99. The Bertz CT molecular complexity index is 527. The Balaban J connectivity index is 2.07. The van der Waals surface area contributed by atoms with Gasteiger partial charge >= 0.3 is 0 Å². The van der Waals surface area contributed by atoms with Crippen molar-refractivity contribution in [3.63, 3.8) is 0 Å². The van der Waals surface area contributed by atoms with Crippen LogP contribution in [0, 0.1) is 0 Å². The lowest BCUT2D eigenvalue weighted by molar-refractivity contribution is 0.648. The van der Waals surface area contributed by atoms with Crippen LogP contribution in [0.15, 0.2) is 30.6 Å². The van der Waals surface area contributed by atoms with E-state index in [1.807, 2.05) is 12.4 Å². The zero-order valence-electron chi connectivity index (χ0n) is 10.2. The molecule has 1 aromatic carbocycles. The number of fused-ring (bicyclic) bond motifs is 1. The van der Waals surface area contributed by atoms with Gasteiger partial charge < -0.3 is 5.32 Å². The van der Waals surface area contributed by atoms with Crippen molar-refractivity contribution in [3.8, 4) is 0 Å². The fourth-order valence-electron chi connectivity index (χ4n) is 2.73. The highest BCUT2D eigenvalue weighted by atomic mass is 14.9. The van der Waals surface area contributed by atoms with E-state index in [1.165, 1.54) is 34.7 Å². The van der Waals surface area contributed by atoms with Crippen molar-refractivity contribution in [2.24, 2.45) is 0 Å².